The zero-order valence-corrected chi connectivity index (χ0v) is 14.0. The summed E-state index contributed by atoms with van der Waals surface area (Å²) < 4.78 is 8.32. The van der Waals surface area contributed by atoms with Crippen LogP contribution in [0.15, 0.2) is 54.7 Å². The molecule has 0 aliphatic heterocycles. The Labute approximate surface area is 144 Å². The van der Waals surface area contributed by atoms with Gasteiger partial charge in [0.05, 0.1) is 11.4 Å². The van der Waals surface area contributed by atoms with Gasteiger partial charge in [0.25, 0.3) is 5.91 Å². The summed E-state index contributed by atoms with van der Waals surface area (Å²) in [7, 11) is 1.73. The highest BCUT2D eigenvalue weighted by Crippen LogP contribution is 2.16. The molecule has 0 aliphatic rings. The maximum atomic E-state index is 12.1. The fraction of sp³-hybridized carbons (Fsp3) is 0.167. The topological polar surface area (TPSA) is 78.1 Å². The molecule has 0 atom stereocenters. The highest BCUT2D eigenvalue weighted by Gasteiger charge is 2.15. The second-order valence-corrected chi connectivity index (χ2v) is 5.55. The molecule has 128 valence electrons. The van der Waals surface area contributed by atoms with E-state index in [2.05, 4.69) is 10.4 Å². The van der Waals surface area contributed by atoms with Crippen LogP contribution in [0.3, 0.4) is 0 Å². The Morgan fingerprint density at radius 3 is 2.60 bits per heavy atom. The van der Waals surface area contributed by atoms with Gasteiger partial charge >= 0.3 is 5.97 Å². The van der Waals surface area contributed by atoms with Crippen molar-refractivity contribution in [3.63, 3.8) is 0 Å². The number of hydrogen-bond acceptors (Lipinski definition) is 4. The number of benzene rings is 1. The minimum absolute atomic E-state index is 0.372. The summed E-state index contributed by atoms with van der Waals surface area (Å²) in [4.78, 5) is 24.1. The Kier molecular flexibility index (Phi) is 4.65. The third kappa shape index (κ3) is 3.77. The van der Waals surface area contributed by atoms with Crippen LogP contribution in [0.4, 0.5) is 5.82 Å². The van der Waals surface area contributed by atoms with Crippen molar-refractivity contribution in [1.82, 2.24) is 14.3 Å². The number of amides is 1. The molecule has 0 fully saturated rings. The van der Waals surface area contributed by atoms with Gasteiger partial charge in [-0.1, -0.05) is 18.2 Å². The molecule has 2 heterocycles. The monoisotopic (exact) mass is 338 g/mol. The predicted octanol–water partition coefficient (Wildman–Crippen LogP) is 2.31. The lowest BCUT2D eigenvalue weighted by Crippen LogP contribution is -2.23. The third-order valence-electron chi connectivity index (χ3n) is 3.59. The van der Waals surface area contributed by atoms with Crippen LogP contribution in [0.25, 0.3) is 5.69 Å². The van der Waals surface area contributed by atoms with Crippen molar-refractivity contribution in [3.05, 3.63) is 66.1 Å². The number of para-hydroxylation sites is 1. The molecule has 2 aromatic heterocycles. The van der Waals surface area contributed by atoms with E-state index in [9.17, 15) is 9.59 Å². The number of aromatic nitrogens is 3. The number of hydrogen-bond donors (Lipinski definition) is 1. The lowest BCUT2D eigenvalue weighted by atomic mass is 10.3. The number of anilines is 1. The Hall–Kier alpha value is -3.35. The second kappa shape index (κ2) is 7.04. The Morgan fingerprint density at radius 2 is 1.92 bits per heavy atom. The van der Waals surface area contributed by atoms with Crippen LogP contribution >= 0.6 is 0 Å². The van der Waals surface area contributed by atoms with Gasteiger partial charge in [0.2, 0.25) is 0 Å². The van der Waals surface area contributed by atoms with Crippen molar-refractivity contribution < 1.29 is 14.3 Å². The maximum Gasteiger partial charge on any atom is 0.355 e. The van der Waals surface area contributed by atoms with E-state index in [-0.39, 0.29) is 6.61 Å². The largest absolute Gasteiger partial charge is 0.451 e. The van der Waals surface area contributed by atoms with E-state index in [0.29, 0.717) is 11.5 Å². The van der Waals surface area contributed by atoms with Crippen molar-refractivity contribution in [2.45, 2.75) is 6.92 Å². The quantitative estimate of drug-likeness (QED) is 0.724. The third-order valence-corrected chi connectivity index (χ3v) is 3.59. The SMILES string of the molecule is Cc1cc(NC(=O)COC(=O)c2cccn2C)n(-c2ccccc2)n1. The number of aryl methyl sites for hydroxylation is 2. The van der Waals surface area contributed by atoms with Crippen LogP contribution in [0.1, 0.15) is 16.2 Å². The standard InChI is InChI=1S/C18H18N4O3/c1-13-11-16(22(20-13)14-7-4-3-5-8-14)19-17(23)12-25-18(24)15-9-6-10-21(15)2/h3-11H,12H2,1-2H3,(H,19,23). The molecule has 1 aromatic carbocycles. The van der Waals surface area contributed by atoms with Gasteiger partial charge in [-0.3, -0.25) is 4.79 Å². The Balaban J connectivity index is 1.66. The summed E-state index contributed by atoms with van der Waals surface area (Å²) in [6.45, 7) is 1.47. The van der Waals surface area contributed by atoms with Crippen LogP contribution < -0.4 is 5.32 Å². The lowest BCUT2D eigenvalue weighted by molar-refractivity contribution is -0.119. The molecule has 25 heavy (non-hydrogen) atoms. The molecule has 0 aliphatic carbocycles. The molecule has 1 N–H and O–H groups in total. The molecule has 7 heteroatoms. The molecule has 0 bridgehead atoms. The molecule has 3 rings (SSSR count). The normalized spacial score (nSPS) is 10.5. The number of rotatable bonds is 5. The van der Waals surface area contributed by atoms with Crippen LogP contribution in [0.5, 0.6) is 0 Å². The summed E-state index contributed by atoms with van der Waals surface area (Å²) in [6.07, 6.45) is 1.73. The summed E-state index contributed by atoms with van der Waals surface area (Å²) in [5.74, 6) is -0.460. The highest BCUT2D eigenvalue weighted by molar-refractivity contribution is 5.94. The number of nitrogens with one attached hydrogen (secondary N) is 1. The van der Waals surface area contributed by atoms with E-state index >= 15 is 0 Å². The Morgan fingerprint density at radius 1 is 1.16 bits per heavy atom. The van der Waals surface area contributed by atoms with Gasteiger partial charge in [0, 0.05) is 19.3 Å². The number of nitrogens with zero attached hydrogens (tertiary/aromatic N) is 3. The van der Waals surface area contributed by atoms with Gasteiger partial charge < -0.3 is 14.6 Å². The average molecular weight is 338 g/mol. The van der Waals surface area contributed by atoms with E-state index in [1.807, 2.05) is 37.3 Å². The van der Waals surface area contributed by atoms with Gasteiger partial charge in [0.1, 0.15) is 11.5 Å². The predicted molar refractivity (Wildman–Crippen MR) is 92.6 cm³/mol. The van der Waals surface area contributed by atoms with Crippen LogP contribution in [0, 0.1) is 6.92 Å². The molecule has 0 spiro atoms. The van der Waals surface area contributed by atoms with Crippen molar-refractivity contribution in [2.75, 3.05) is 11.9 Å². The van der Waals surface area contributed by atoms with Crippen LogP contribution in [0.2, 0.25) is 0 Å². The van der Waals surface area contributed by atoms with Crippen molar-refractivity contribution in [3.8, 4) is 5.69 Å². The fourth-order valence-corrected chi connectivity index (χ4v) is 2.41. The first kappa shape index (κ1) is 16.5. The van der Waals surface area contributed by atoms with E-state index in [1.165, 1.54) is 0 Å². The minimum atomic E-state index is -0.546. The Bertz CT molecular complexity index is 896. The van der Waals surface area contributed by atoms with E-state index in [1.54, 1.807) is 40.7 Å². The smallest absolute Gasteiger partial charge is 0.355 e. The van der Waals surface area contributed by atoms with Crippen molar-refractivity contribution in [1.29, 1.82) is 0 Å². The first-order valence-electron chi connectivity index (χ1n) is 7.75. The molecule has 0 radical (unpaired) electrons. The summed E-state index contributed by atoms with van der Waals surface area (Å²) in [5, 5.41) is 7.09. The lowest BCUT2D eigenvalue weighted by Gasteiger charge is -2.09. The number of carbonyl (C=O) groups is 2. The molecular weight excluding hydrogens is 320 g/mol. The fourth-order valence-electron chi connectivity index (χ4n) is 2.41. The summed E-state index contributed by atoms with van der Waals surface area (Å²) in [6, 6.07) is 14.6. The van der Waals surface area contributed by atoms with Crippen molar-refractivity contribution >= 4 is 17.7 Å². The first-order chi connectivity index (χ1) is 12.0. The minimum Gasteiger partial charge on any atom is -0.451 e. The first-order valence-corrected chi connectivity index (χ1v) is 7.75. The molecular formula is C18H18N4O3. The van der Waals surface area contributed by atoms with Gasteiger partial charge in [-0.2, -0.15) is 5.10 Å². The zero-order valence-electron chi connectivity index (χ0n) is 14.0. The summed E-state index contributed by atoms with van der Waals surface area (Å²) in [5.41, 5.74) is 1.98. The van der Waals surface area contributed by atoms with Crippen LogP contribution in [-0.2, 0) is 16.6 Å². The molecule has 0 saturated heterocycles. The molecule has 3 aromatic rings. The molecule has 0 saturated carbocycles. The van der Waals surface area contributed by atoms with Gasteiger partial charge in [-0.05, 0) is 31.2 Å². The number of esters is 1. The highest BCUT2D eigenvalue weighted by atomic mass is 16.5. The van der Waals surface area contributed by atoms with Gasteiger partial charge in [0.15, 0.2) is 6.61 Å². The molecule has 7 nitrogen and oxygen atoms in total. The number of carbonyl (C=O) groups excluding carboxylic acids is 2. The molecule has 1 amide bonds. The van der Waals surface area contributed by atoms with Gasteiger partial charge in [-0.15, -0.1) is 0 Å². The van der Waals surface area contributed by atoms with E-state index in [4.69, 9.17) is 4.74 Å². The second-order valence-electron chi connectivity index (χ2n) is 5.55. The van der Waals surface area contributed by atoms with Crippen LogP contribution in [-0.4, -0.2) is 32.8 Å². The van der Waals surface area contributed by atoms with E-state index in [0.717, 1.165) is 11.4 Å². The van der Waals surface area contributed by atoms with Gasteiger partial charge in [-0.25, -0.2) is 9.48 Å². The summed E-state index contributed by atoms with van der Waals surface area (Å²) >= 11 is 0. The molecule has 0 unspecified atom stereocenters. The number of ether oxygens (including phenoxy) is 1. The average Bonchev–Trinajstić information content (AvgIpc) is 3.19. The van der Waals surface area contributed by atoms with Crippen molar-refractivity contribution in [2.24, 2.45) is 7.05 Å². The maximum absolute atomic E-state index is 12.1. The zero-order chi connectivity index (χ0) is 17.8. The van der Waals surface area contributed by atoms with E-state index < -0.39 is 11.9 Å².